The van der Waals surface area contributed by atoms with Gasteiger partial charge in [0.1, 0.15) is 5.69 Å². The number of rotatable bonds is 5. The minimum Gasteiger partial charge on any atom is -0.318 e. The molecule has 0 unspecified atom stereocenters. The molecule has 33 heavy (non-hydrogen) atoms. The molecule has 0 amide bonds. The minimum absolute atomic E-state index is 0.210. The largest absolute Gasteiger partial charge is 0.318 e. The van der Waals surface area contributed by atoms with Crippen LogP contribution in [0.2, 0.25) is 0 Å². The Morgan fingerprint density at radius 3 is 2.79 bits per heavy atom. The lowest BCUT2D eigenvalue weighted by Crippen LogP contribution is -2.12. The first kappa shape index (κ1) is 19.5. The summed E-state index contributed by atoms with van der Waals surface area (Å²) in [4.78, 5) is 30.1. The number of fused-ring (bicyclic) bond motifs is 3. The van der Waals surface area contributed by atoms with Gasteiger partial charge in [-0.3, -0.25) is 14.5 Å². The average molecular weight is 439 g/mol. The van der Waals surface area contributed by atoms with Gasteiger partial charge >= 0.3 is 0 Å². The normalized spacial score (nSPS) is 13.8. The number of nitrogens with one attached hydrogen (secondary N) is 1. The van der Waals surface area contributed by atoms with E-state index in [1.54, 1.807) is 10.7 Å². The van der Waals surface area contributed by atoms with E-state index < -0.39 is 5.56 Å². The van der Waals surface area contributed by atoms with Crippen molar-refractivity contribution in [2.75, 3.05) is 5.32 Å². The highest BCUT2D eigenvalue weighted by atomic mass is 16.1. The van der Waals surface area contributed by atoms with Crippen molar-refractivity contribution in [1.82, 2.24) is 39.3 Å². The van der Waals surface area contributed by atoms with Gasteiger partial charge in [0, 0.05) is 30.0 Å². The molecule has 6 rings (SSSR count). The zero-order valence-electron chi connectivity index (χ0n) is 18.2. The Morgan fingerprint density at radius 1 is 1.12 bits per heavy atom. The lowest BCUT2D eigenvalue weighted by atomic mass is 10.1. The Labute approximate surface area is 188 Å². The van der Waals surface area contributed by atoms with Gasteiger partial charge in [0.25, 0.3) is 5.56 Å². The predicted octanol–water partition coefficient (Wildman–Crippen LogP) is 3.49. The van der Waals surface area contributed by atoms with Gasteiger partial charge in [0.15, 0.2) is 11.5 Å². The molecular formula is C23H21N9O. The van der Waals surface area contributed by atoms with Crippen LogP contribution < -0.4 is 10.9 Å². The Kier molecular flexibility index (Phi) is 4.39. The summed E-state index contributed by atoms with van der Waals surface area (Å²) in [6.07, 6.45) is 10.2. The number of para-hydroxylation sites is 1. The van der Waals surface area contributed by atoms with E-state index in [2.05, 4.69) is 40.3 Å². The van der Waals surface area contributed by atoms with E-state index >= 15 is 0 Å². The maximum Gasteiger partial charge on any atom is 0.295 e. The molecule has 164 valence electrons. The van der Waals surface area contributed by atoms with Crippen LogP contribution in [0.3, 0.4) is 0 Å². The fourth-order valence-electron chi connectivity index (χ4n) is 3.90. The second-order valence-electron chi connectivity index (χ2n) is 8.48. The summed E-state index contributed by atoms with van der Waals surface area (Å²) in [5, 5.41) is 13.1. The summed E-state index contributed by atoms with van der Waals surface area (Å²) in [5.74, 6) is 1.41. The van der Waals surface area contributed by atoms with Crippen LogP contribution in [0.15, 0.2) is 54.0 Å². The average Bonchev–Trinajstić information content (AvgIpc) is 3.40. The second-order valence-corrected chi connectivity index (χ2v) is 8.48. The lowest BCUT2D eigenvalue weighted by molar-refractivity contribution is 0.532. The molecule has 0 saturated heterocycles. The summed E-state index contributed by atoms with van der Waals surface area (Å²) in [6, 6.07) is 6.39. The maximum atomic E-state index is 12.4. The van der Waals surface area contributed by atoms with Crippen LogP contribution in [0.1, 0.15) is 44.2 Å². The van der Waals surface area contributed by atoms with Gasteiger partial charge in [-0.1, -0.05) is 12.1 Å². The highest BCUT2D eigenvalue weighted by Gasteiger charge is 2.27. The van der Waals surface area contributed by atoms with Gasteiger partial charge in [-0.15, -0.1) is 5.10 Å². The van der Waals surface area contributed by atoms with Gasteiger partial charge in [-0.05, 0) is 44.2 Å². The van der Waals surface area contributed by atoms with E-state index in [9.17, 15) is 4.79 Å². The molecule has 4 heterocycles. The van der Waals surface area contributed by atoms with E-state index in [0.717, 1.165) is 29.3 Å². The molecule has 10 heteroatoms. The molecule has 4 aromatic heterocycles. The monoisotopic (exact) mass is 439 g/mol. The summed E-state index contributed by atoms with van der Waals surface area (Å²) >= 11 is 0. The first-order valence-electron chi connectivity index (χ1n) is 10.9. The van der Waals surface area contributed by atoms with E-state index in [0.29, 0.717) is 23.3 Å². The third kappa shape index (κ3) is 3.39. The number of hydrogen-bond donors (Lipinski definition) is 1. The molecule has 0 radical (unpaired) electrons. The summed E-state index contributed by atoms with van der Waals surface area (Å²) < 4.78 is 3.50. The topological polar surface area (TPSA) is 116 Å². The van der Waals surface area contributed by atoms with E-state index in [4.69, 9.17) is 15.1 Å². The molecular weight excluding hydrogens is 418 g/mol. The molecule has 0 spiro atoms. The molecule has 1 aromatic carbocycles. The highest BCUT2D eigenvalue weighted by molar-refractivity contribution is 5.95. The number of benzene rings is 1. The Balaban J connectivity index is 1.59. The minimum atomic E-state index is -0.434. The first-order valence-corrected chi connectivity index (χ1v) is 10.9. The van der Waals surface area contributed by atoms with Crippen molar-refractivity contribution in [3.63, 3.8) is 0 Å². The molecule has 0 aliphatic heterocycles. The Bertz CT molecular complexity index is 1570. The Hall–Kier alpha value is -4.21. The summed E-state index contributed by atoms with van der Waals surface area (Å²) in [6.45, 7) is 4.13. The van der Waals surface area contributed by atoms with E-state index in [-0.39, 0.29) is 11.7 Å². The second kappa shape index (κ2) is 7.44. The SMILES string of the molecule is CC(C)n1cc(-c2nc3c4cccc(C5CC5)c4nc(Nc4cnccnc4=O)n3n2)cn1. The summed E-state index contributed by atoms with van der Waals surface area (Å²) in [5.41, 5.74) is 3.29. The molecule has 1 aliphatic rings. The smallest absolute Gasteiger partial charge is 0.295 e. The van der Waals surface area contributed by atoms with Crippen molar-refractivity contribution in [2.24, 2.45) is 0 Å². The molecule has 1 saturated carbocycles. The van der Waals surface area contributed by atoms with Gasteiger partial charge < -0.3 is 5.32 Å². The standard InChI is InChI=1S/C23H21N9O/c1-13(2)31-12-15(10-26-31)20-29-21-17-5-3-4-16(14-6-7-14)19(17)28-23(32(21)30-20)27-18-11-24-8-9-25-22(18)33/h3-5,8-14H,6-7H2,1-2H3,(H,25,27,28,33). The van der Waals surface area contributed by atoms with Crippen LogP contribution in [0.5, 0.6) is 0 Å². The fraction of sp³-hybridized carbons (Fsp3) is 0.261. The van der Waals surface area contributed by atoms with Crippen molar-refractivity contribution in [3.05, 3.63) is 65.1 Å². The van der Waals surface area contributed by atoms with Gasteiger partial charge in [0.2, 0.25) is 5.95 Å². The van der Waals surface area contributed by atoms with Gasteiger partial charge in [0.05, 0.1) is 23.5 Å². The number of nitrogens with zero attached hydrogens (tertiary/aromatic N) is 8. The number of aromatic nitrogens is 8. The third-order valence-electron chi connectivity index (χ3n) is 5.76. The number of anilines is 2. The van der Waals surface area contributed by atoms with Crippen LogP contribution in [-0.4, -0.2) is 39.3 Å². The summed E-state index contributed by atoms with van der Waals surface area (Å²) in [7, 11) is 0. The molecule has 1 fully saturated rings. The van der Waals surface area contributed by atoms with Crippen LogP contribution in [0, 0.1) is 0 Å². The Morgan fingerprint density at radius 2 is 2.00 bits per heavy atom. The third-order valence-corrected chi connectivity index (χ3v) is 5.76. The van der Waals surface area contributed by atoms with Crippen LogP contribution in [0.4, 0.5) is 11.6 Å². The highest BCUT2D eigenvalue weighted by Crippen LogP contribution is 2.43. The maximum absolute atomic E-state index is 12.4. The molecule has 0 atom stereocenters. The quantitative estimate of drug-likeness (QED) is 0.442. The van der Waals surface area contributed by atoms with E-state index in [1.807, 2.05) is 23.0 Å². The molecule has 1 aliphatic carbocycles. The molecule has 10 nitrogen and oxygen atoms in total. The van der Waals surface area contributed by atoms with E-state index in [1.165, 1.54) is 24.2 Å². The number of hydrogen-bond acceptors (Lipinski definition) is 8. The van der Waals surface area contributed by atoms with Crippen molar-refractivity contribution in [2.45, 2.75) is 38.6 Å². The zero-order chi connectivity index (χ0) is 22.5. The molecule has 0 bridgehead atoms. The van der Waals surface area contributed by atoms with Crippen LogP contribution >= 0.6 is 0 Å². The van der Waals surface area contributed by atoms with Gasteiger partial charge in [-0.2, -0.15) is 9.61 Å². The van der Waals surface area contributed by atoms with Crippen molar-refractivity contribution in [3.8, 4) is 11.4 Å². The first-order chi connectivity index (χ1) is 16.1. The molecule has 5 aromatic rings. The van der Waals surface area contributed by atoms with Crippen molar-refractivity contribution >= 4 is 28.2 Å². The van der Waals surface area contributed by atoms with Crippen LogP contribution in [-0.2, 0) is 0 Å². The fourth-order valence-corrected chi connectivity index (χ4v) is 3.90. The zero-order valence-corrected chi connectivity index (χ0v) is 18.2. The lowest BCUT2D eigenvalue weighted by Gasteiger charge is -2.10. The van der Waals surface area contributed by atoms with Crippen molar-refractivity contribution < 1.29 is 0 Å². The van der Waals surface area contributed by atoms with Crippen LogP contribution in [0.25, 0.3) is 27.9 Å². The molecule has 1 N–H and O–H groups in total. The van der Waals surface area contributed by atoms with Crippen molar-refractivity contribution in [1.29, 1.82) is 0 Å². The van der Waals surface area contributed by atoms with Gasteiger partial charge in [-0.25, -0.2) is 15.0 Å². The predicted molar refractivity (Wildman–Crippen MR) is 123 cm³/mol.